The first-order valence-electron chi connectivity index (χ1n) is 8.15. The van der Waals surface area contributed by atoms with E-state index in [1.807, 2.05) is 48.2 Å². The van der Waals surface area contributed by atoms with Crippen LogP contribution in [0.4, 0.5) is 0 Å². The lowest BCUT2D eigenvalue weighted by Crippen LogP contribution is -2.30. The maximum absolute atomic E-state index is 12.3. The molecule has 0 aliphatic carbocycles. The van der Waals surface area contributed by atoms with E-state index in [0.29, 0.717) is 18.7 Å². The Kier molecular flexibility index (Phi) is 4.26. The lowest BCUT2D eigenvalue weighted by molar-refractivity contribution is -0.121. The summed E-state index contributed by atoms with van der Waals surface area (Å²) < 4.78 is 5.67. The SMILES string of the molecule is O=C(CCc1nc2ccccc2o1)N[C@@H]1CCSc2ccccc21. The van der Waals surface area contributed by atoms with Gasteiger partial charge in [0.2, 0.25) is 5.91 Å². The van der Waals surface area contributed by atoms with Gasteiger partial charge in [0.15, 0.2) is 11.5 Å². The van der Waals surface area contributed by atoms with Gasteiger partial charge in [-0.25, -0.2) is 4.98 Å². The highest BCUT2D eigenvalue weighted by atomic mass is 32.2. The highest BCUT2D eigenvalue weighted by molar-refractivity contribution is 7.99. The van der Waals surface area contributed by atoms with Gasteiger partial charge in [-0.3, -0.25) is 4.79 Å². The van der Waals surface area contributed by atoms with Gasteiger partial charge in [0.1, 0.15) is 5.52 Å². The number of aryl methyl sites for hydroxylation is 1. The number of hydrogen-bond acceptors (Lipinski definition) is 4. The van der Waals surface area contributed by atoms with Crippen molar-refractivity contribution in [1.82, 2.24) is 10.3 Å². The highest BCUT2D eigenvalue weighted by Crippen LogP contribution is 2.35. The molecule has 1 atom stereocenters. The van der Waals surface area contributed by atoms with Crippen LogP contribution in [0.25, 0.3) is 11.1 Å². The molecule has 1 aliphatic heterocycles. The maximum Gasteiger partial charge on any atom is 0.220 e. The molecule has 5 heteroatoms. The fourth-order valence-corrected chi connectivity index (χ4v) is 4.13. The van der Waals surface area contributed by atoms with Gasteiger partial charge >= 0.3 is 0 Å². The van der Waals surface area contributed by atoms with Gasteiger partial charge in [0, 0.05) is 23.5 Å². The average molecular weight is 338 g/mol. The predicted molar refractivity (Wildman–Crippen MR) is 95.0 cm³/mol. The number of rotatable bonds is 4. The molecule has 0 saturated carbocycles. The van der Waals surface area contributed by atoms with E-state index in [2.05, 4.69) is 22.4 Å². The Labute approximate surface area is 144 Å². The number of carbonyl (C=O) groups excluding carboxylic acids is 1. The van der Waals surface area contributed by atoms with E-state index in [1.165, 1.54) is 10.5 Å². The van der Waals surface area contributed by atoms with E-state index >= 15 is 0 Å². The number of carbonyl (C=O) groups is 1. The quantitative estimate of drug-likeness (QED) is 0.778. The lowest BCUT2D eigenvalue weighted by Gasteiger charge is -2.25. The van der Waals surface area contributed by atoms with Crippen molar-refractivity contribution < 1.29 is 9.21 Å². The number of amides is 1. The average Bonchev–Trinajstić information content (AvgIpc) is 3.03. The summed E-state index contributed by atoms with van der Waals surface area (Å²) in [6.07, 6.45) is 1.87. The number of thioether (sulfide) groups is 1. The molecule has 2 aromatic carbocycles. The molecule has 3 aromatic rings. The molecule has 122 valence electrons. The van der Waals surface area contributed by atoms with Gasteiger partial charge < -0.3 is 9.73 Å². The number of nitrogens with zero attached hydrogens (tertiary/aromatic N) is 1. The Hall–Kier alpha value is -2.27. The Balaban J connectivity index is 1.39. The summed E-state index contributed by atoms with van der Waals surface area (Å²) in [5, 5.41) is 3.16. The third-order valence-electron chi connectivity index (χ3n) is 4.20. The first-order chi connectivity index (χ1) is 11.8. The van der Waals surface area contributed by atoms with Crippen molar-refractivity contribution in [3.05, 3.63) is 60.0 Å². The topological polar surface area (TPSA) is 55.1 Å². The van der Waals surface area contributed by atoms with Gasteiger partial charge in [-0.05, 0) is 30.2 Å². The number of aromatic nitrogens is 1. The Bertz CT molecular complexity index is 841. The van der Waals surface area contributed by atoms with Gasteiger partial charge in [0.25, 0.3) is 0 Å². The number of benzene rings is 2. The van der Waals surface area contributed by atoms with Crippen LogP contribution in [-0.4, -0.2) is 16.6 Å². The number of fused-ring (bicyclic) bond motifs is 2. The van der Waals surface area contributed by atoms with E-state index in [9.17, 15) is 4.79 Å². The second-order valence-corrected chi connectivity index (χ2v) is 7.01. The largest absolute Gasteiger partial charge is 0.441 e. The second kappa shape index (κ2) is 6.69. The van der Waals surface area contributed by atoms with Crippen LogP contribution in [0.3, 0.4) is 0 Å². The van der Waals surface area contributed by atoms with Crippen molar-refractivity contribution in [2.75, 3.05) is 5.75 Å². The predicted octanol–water partition coefficient (Wildman–Crippen LogP) is 4.11. The van der Waals surface area contributed by atoms with E-state index in [4.69, 9.17) is 4.42 Å². The van der Waals surface area contributed by atoms with E-state index < -0.39 is 0 Å². The van der Waals surface area contributed by atoms with Crippen LogP contribution >= 0.6 is 11.8 Å². The fourth-order valence-electron chi connectivity index (χ4n) is 3.01. The minimum Gasteiger partial charge on any atom is -0.441 e. The van der Waals surface area contributed by atoms with Gasteiger partial charge in [-0.15, -0.1) is 11.8 Å². The number of para-hydroxylation sites is 2. The zero-order valence-corrected chi connectivity index (χ0v) is 14.0. The second-order valence-electron chi connectivity index (χ2n) is 5.87. The summed E-state index contributed by atoms with van der Waals surface area (Å²) >= 11 is 1.86. The summed E-state index contributed by atoms with van der Waals surface area (Å²) in [6.45, 7) is 0. The highest BCUT2D eigenvalue weighted by Gasteiger charge is 2.21. The minimum absolute atomic E-state index is 0.0453. The smallest absolute Gasteiger partial charge is 0.220 e. The Morgan fingerprint density at radius 1 is 1.21 bits per heavy atom. The van der Waals surface area contributed by atoms with Gasteiger partial charge in [0.05, 0.1) is 6.04 Å². The minimum atomic E-state index is 0.0453. The lowest BCUT2D eigenvalue weighted by atomic mass is 10.0. The number of oxazole rings is 1. The summed E-state index contributed by atoms with van der Waals surface area (Å²) in [7, 11) is 0. The monoisotopic (exact) mass is 338 g/mol. The molecule has 1 N–H and O–H groups in total. The van der Waals surface area contributed by atoms with E-state index in [-0.39, 0.29) is 11.9 Å². The molecule has 4 nitrogen and oxygen atoms in total. The Morgan fingerprint density at radius 3 is 2.96 bits per heavy atom. The van der Waals surface area contributed by atoms with Crippen LogP contribution in [0.5, 0.6) is 0 Å². The van der Waals surface area contributed by atoms with Crippen LogP contribution in [0.1, 0.15) is 30.3 Å². The van der Waals surface area contributed by atoms with Crippen molar-refractivity contribution in [2.45, 2.75) is 30.2 Å². The van der Waals surface area contributed by atoms with Gasteiger partial charge in [-0.2, -0.15) is 0 Å². The molecule has 1 aliphatic rings. The third kappa shape index (κ3) is 3.17. The summed E-state index contributed by atoms with van der Waals surface area (Å²) in [4.78, 5) is 18.0. The summed E-state index contributed by atoms with van der Waals surface area (Å²) in [5.41, 5.74) is 2.83. The molecule has 0 fully saturated rings. The number of hydrogen-bond donors (Lipinski definition) is 1. The molecule has 0 saturated heterocycles. The molecule has 4 rings (SSSR count). The molecule has 0 bridgehead atoms. The first-order valence-corrected chi connectivity index (χ1v) is 9.14. The van der Waals surface area contributed by atoms with Crippen LogP contribution in [0, 0.1) is 0 Å². The summed E-state index contributed by atoms with van der Waals surface area (Å²) in [5.74, 6) is 1.70. The third-order valence-corrected chi connectivity index (χ3v) is 5.32. The van der Waals surface area contributed by atoms with Crippen LogP contribution in [0.2, 0.25) is 0 Å². The van der Waals surface area contributed by atoms with Crippen molar-refractivity contribution in [1.29, 1.82) is 0 Å². The zero-order valence-electron chi connectivity index (χ0n) is 13.2. The maximum atomic E-state index is 12.3. The molecule has 0 radical (unpaired) electrons. The molecule has 0 unspecified atom stereocenters. The molecule has 1 aromatic heterocycles. The standard InChI is InChI=1S/C19H18N2O2S/c22-18(9-10-19-21-15-6-2-3-7-16(15)23-19)20-14-11-12-24-17-8-4-1-5-13(14)17/h1-8,14H,9-12H2,(H,20,22)/t14-/m1/s1. The van der Waals surface area contributed by atoms with E-state index in [0.717, 1.165) is 23.3 Å². The molecular formula is C19H18N2O2S. The van der Waals surface area contributed by atoms with Crippen molar-refractivity contribution in [3.63, 3.8) is 0 Å². The van der Waals surface area contributed by atoms with Crippen molar-refractivity contribution in [2.24, 2.45) is 0 Å². The molecule has 0 spiro atoms. The first kappa shape index (κ1) is 15.3. The fraction of sp³-hybridized carbons (Fsp3) is 0.263. The molecular weight excluding hydrogens is 320 g/mol. The normalized spacial score (nSPS) is 16.8. The van der Waals surface area contributed by atoms with Gasteiger partial charge in [-0.1, -0.05) is 30.3 Å². The molecule has 2 heterocycles. The number of nitrogens with one attached hydrogen (secondary N) is 1. The van der Waals surface area contributed by atoms with Crippen LogP contribution in [-0.2, 0) is 11.2 Å². The van der Waals surface area contributed by atoms with Crippen molar-refractivity contribution in [3.8, 4) is 0 Å². The van der Waals surface area contributed by atoms with E-state index in [1.54, 1.807) is 0 Å². The molecule has 1 amide bonds. The summed E-state index contributed by atoms with van der Waals surface area (Å²) in [6, 6.07) is 16.1. The molecule has 24 heavy (non-hydrogen) atoms. The Morgan fingerprint density at radius 2 is 2.04 bits per heavy atom. The zero-order chi connectivity index (χ0) is 16.4. The van der Waals surface area contributed by atoms with Crippen LogP contribution < -0.4 is 5.32 Å². The van der Waals surface area contributed by atoms with Crippen molar-refractivity contribution >= 4 is 28.8 Å². The van der Waals surface area contributed by atoms with Crippen LogP contribution in [0.15, 0.2) is 57.8 Å².